The second-order valence-electron chi connectivity index (χ2n) is 3.77. The third-order valence-electron chi connectivity index (χ3n) is 2.48. The van der Waals surface area contributed by atoms with Gasteiger partial charge in [0, 0.05) is 7.05 Å². The number of para-hydroxylation sites is 2. The van der Waals surface area contributed by atoms with E-state index in [4.69, 9.17) is 4.74 Å². The van der Waals surface area contributed by atoms with Crippen LogP contribution >= 0.6 is 0 Å². The Morgan fingerprint density at radius 2 is 2.22 bits per heavy atom. The minimum Gasteiger partial charge on any atom is -0.492 e. The van der Waals surface area contributed by atoms with Crippen LogP contribution in [0.25, 0.3) is 0 Å². The number of carbonyl (C=O) groups excluding carboxylic acids is 1. The van der Waals surface area contributed by atoms with E-state index in [1.165, 1.54) is 6.20 Å². The van der Waals surface area contributed by atoms with Gasteiger partial charge in [0.25, 0.3) is 5.91 Å². The molecule has 0 aliphatic heterocycles. The van der Waals surface area contributed by atoms with Gasteiger partial charge in [-0.3, -0.25) is 4.79 Å². The largest absolute Gasteiger partial charge is 0.492 e. The first-order chi connectivity index (χ1) is 8.72. The Kier molecular flexibility index (Phi) is 3.62. The highest BCUT2D eigenvalue weighted by Crippen LogP contribution is 2.24. The first kappa shape index (κ1) is 12.2. The van der Waals surface area contributed by atoms with Crippen LogP contribution in [0, 0.1) is 0 Å². The third-order valence-corrected chi connectivity index (χ3v) is 2.48. The summed E-state index contributed by atoms with van der Waals surface area (Å²) >= 11 is 0. The van der Waals surface area contributed by atoms with Crippen LogP contribution in [0.15, 0.2) is 36.8 Å². The Balaban J connectivity index is 2.19. The fourth-order valence-corrected chi connectivity index (χ4v) is 1.61. The van der Waals surface area contributed by atoms with Crippen LogP contribution in [0.4, 0.5) is 5.69 Å². The number of aromatic nitrogens is 2. The highest BCUT2D eigenvalue weighted by atomic mass is 16.5. The molecule has 5 heteroatoms. The molecule has 18 heavy (non-hydrogen) atoms. The molecule has 0 radical (unpaired) electrons. The number of nitrogens with one attached hydrogen (secondary N) is 1. The van der Waals surface area contributed by atoms with Gasteiger partial charge in [-0.25, -0.2) is 4.98 Å². The Labute approximate surface area is 105 Å². The van der Waals surface area contributed by atoms with Crippen molar-refractivity contribution in [3.8, 4) is 5.75 Å². The molecule has 1 aromatic heterocycles. The van der Waals surface area contributed by atoms with Gasteiger partial charge >= 0.3 is 0 Å². The Morgan fingerprint density at radius 3 is 2.89 bits per heavy atom. The zero-order valence-electron chi connectivity index (χ0n) is 10.4. The number of rotatable bonds is 4. The van der Waals surface area contributed by atoms with Gasteiger partial charge in [-0.05, 0) is 19.1 Å². The molecule has 5 nitrogen and oxygen atoms in total. The van der Waals surface area contributed by atoms with E-state index in [-0.39, 0.29) is 5.91 Å². The average Bonchev–Trinajstić information content (AvgIpc) is 2.78. The first-order valence-corrected chi connectivity index (χ1v) is 5.72. The number of aryl methyl sites for hydroxylation is 1. The summed E-state index contributed by atoms with van der Waals surface area (Å²) < 4.78 is 7.11. The summed E-state index contributed by atoms with van der Waals surface area (Å²) in [5.74, 6) is 0.456. The van der Waals surface area contributed by atoms with E-state index in [0.29, 0.717) is 23.7 Å². The second kappa shape index (κ2) is 5.35. The third kappa shape index (κ3) is 2.51. The van der Waals surface area contributed by atoms with Crippen molar-refractivity contribution < 1.29 is 9.53 Å². The summed E-state index contributed by atoms with van der Waals surface area (Å²) in [6, 6.07) is 7.34. The topological polar surface area (TPSA) is 56.1 Å². The van der Waals surface area contributed by atoms with E-state index in [1.807, 2.05) is 25.1 Å². The molecule has 0 spiro atoms. The summed E-state index contributed by atoms with van der Waals surface area (Å²) in [6.45, 7) is 2.46. The number of nitrogens with zero attached hydrogens (tertiary/aromatic N) is 2. The van der Waals surface area contributed by atoms with Crippen molar-refractivity contribution in [3.63, 3.8) is 0 Å². The van der Waals surface area contributed by atoms with E-state index >= 15 is 0 Å². The van der Waals surface area contributed by atoms with Crippen LogP contribution in [-0.4, -0.2) is 22.1 Å². The molecule has 0 fully saturated rings. The lowest BCUT2D eigenvalue weighted by Gasteiger charge is -2.11. The number of amides is 1. The van der Waals surface area contributed by atoms with E-state index in [0.717, 1.165) is 0 Å². The molecule has 0 aliphatic rings. The molecule has 0 bridgehead atoms. The summed E-state index contributed by atoms with van der Waals surface area (Å²) in [6.07, 6.45) is 3.11. The first-order valence-electron chi connectivity index (χ1n) is 5.72. The number of ether oxygens (including phenoxy) is 1. The quantitative estimate of drug-likeness (QED) is 0.897. The molecule has 0 unspecified atom stereocenters. The van der Waals surface area contributed by atoms with Crippen molar-refractivity contribution >= 4 is 11.6 Å². The maximum absolute atomic E-state index is 12.0. The van der Waals surface area contributed by atoms with Crippen molar-refractivity contribution in [2.45, 2.75) is 6.92 Å². The molecule has 0 saturated heterocycles. The van der Waals surface area contributed by atoms with Crippen LogP contribution in [0.5, 0.6) is 5.75 Å². The smallest absolute Gasteiger partial charge is 0.274 e. The Bertz CT molecular complexity index is 549. The van der Waals surface area contributed by atoms with Gasteiger partial charge in [-0.2, -0.15) is 0 Å². The van der Waals surface area contributed by atoms with Crippen molar-refractivity contribution in [2.75, 3.05) is 11.9 Å². The standard InChI is InChI=1S/C13H15N3O2/c1-3-18-12-7-5-4-6-10(12)15-13(17)11-8-14-9-16(11)2/h4-9H,3H2,1-2H3,(H,15,17). The van der Waals surface area contributed by atoms with Crippen molar-refractivity contribution in [2.24, 2.45) is 7.05 Å². The number of imidazole rings is 1. The number of benzene rings is 1. The molecule has 1 N–H and O–H groups in total. The molecule has 1 heterocycles. The van der Waals surface area contributed by atoms with Gasteiger partial charge in [0.15, 0.2) is 0 Å². The molecular weight excluding hydrogens is 230 g/mol. The van der Waals surface area contributed by atoms with Crippen LogP contribution < -0.4 is 10.1 Å². The van der Waals surface area contributed by atoms with Gasteiger partial charge in [0.2, 0.25) is 0 Å². The molecule has 1 amide bonds. The zero-order chi connectivity index (χ0) is 13.0. The summed E-state index contributed by atoms with van der Waals surface area (Å²) in [5, 5.41) is 2.81. The summed E-state index contributed by atoms with van der Waals surface area (Å²) in [4.78, 5) is 15.9. The van der Waals surface area contributed by atoms with E-state index in [9.17, 15) is 4.79 Å². The summed E-state index contributed by atoms with van der Waals surface area (Å²) in [5.41, 5.74) is 1.16. The normalized spacial score (nSPS) is 10.1. The number of hydrogen-bond acceptors (Lipinski definition) is 3. The van der Waals surface area contributed by atoms with Gasteiger partial charge in [0.1, 0.15) is 11.4 Å². The zero-order valence-corrected chi connectivity index (χ0v) is 10.4. The SMILES string of the molecule is CCOc1ccccc1NC(=O)c1cncn1C. The van der Waals surface area contributed by atoms with Gasteiger partial charge in [-0.15, -0.1) is 0 Å². The lowest BCUT2D eigenvalue weighted by molar-refractivity contribution is 0.101. The van der Waals surface area contributed by atoms with Gasteiger partial charge in [0.05, 0.1) is 24.8 Å². The number of carbonyl (C=O) groups is 1. The lowest BCUT2D eigenvalue weighted by Crippen LogP contribution is -2.16. The fraction of sp³-hybridized carbons (Fsp3) is 0.231. The van der Waals surface area contributed by atoms with Crippen LogP contribution in [-0.2, 0) is 7.05 Å². The number of hydrogen-bond donors (Lipinski definition) is 1. The molecule has 0 aliphatic carbocycles. The fourth-order valence-electron chi connectivity index (χ4n) is 1.61. The second-order valence-corrected chi connectivity index (χ2v) is 3.77. The van der Waals surface area contributed by atoms with Crippen molar-refractivity contribution in [3.05, 3.63) is 42.5 Å². The molecule has 94 valence electrons. The Morgan fingerprint density at radius 1 is 1.44 bits per heavy atom. The molecule has 1 aromatic carbocycles. The van der Waals surface area contributed by atoms with E-state index in [2.05, 4.69) is 10.3 Å². The van der Waals surface area contributed by atoms with E-state index in [1.54, 1.807) is 24.0 Å². The minimum absolute atomic E-state index is 0.206. The molecule has 2 rings (SSSR count). The molecular formula is C13H15N3O2. The predicted molar refractivity (Wildman–Crippen MR) is 68.8 cm³/mol. The molecule has 0 atom stereocenters. The summed E-state index contributed by atoms with van der Waals surface area (Å²) in [7, 11) is 1.77. The predicted octanol–water partition coefficient (Wildman–Crippen LogP) is 2.07. The molecule has 0 saturated carbocycles. The minimum atomic E-state index is -0.206. The highest BCUT2D eigenvalue weighted by Gasteiger charge is 2.12. The number of anilines is 1. The molecule has 2 aromatic rings. The van der Waals surface area contributed by atoms with Crippen molar-refractivity contribution in [1.29, 1.82) is 0 Å². The van der Waals surface area contributed by atoms with Crippen LogP contribution in [0.1, 0.15) is 17.4 Å². The highest BCUT2D eigenvalue weighted by molar-refractivity contribution is 6.03. The lowest BCUT2D eigenvalue weighted by atomic mass is 10.3. The van der Waals surface area contributed by atoms with E-state index < -0.39 is 0 Å². The van der Waals surface area contributed by atoms with Crippen molar-refractivity contribution in [1.82, 2.24) is 9.55 Å². The van der Waals surface area contributed by atoms with Gasteiger partial charge < -0.3 is 14.6 Å². The maximum Gasteiger partial charge on any atom is 0.274 e. The van der Waals surface area contributed by atoms with Crippen LogP contribution in [0.2, 0.25) is 0 Å². The Hall–Kier alpha value is -2.30. The average molecular weight is 245 g/mol. The monoisotopic (exact) mass is 245 g/mol. The van der Waals surface area contributed by atoms with Gasteiger partial charge in [-0.1, -0.05) is 12.1 Å². The van der Waals surface area contributed by atoms with Crippen LogP contribution in [0.3, 0.4) is 0 Å². The maximum atomic E-state index is 12.0.